The maximum absolute atomic E-state index is 15.4. The number of nitrogens with one attached hydrogen (secondary N) is 3. The quantitative estimate of drug-likeness (QED) is 0.407. The highest BCUT2D eigenvalue weighted by Crippen LogP contribution is 2.41. The number of rotatable bonds is 6. The number of piperidine rings is 1. The number of H-pyrrole nitrogens is 1. The molecule has 0 radical (unpaired) electrons. The highest BCUT2D eigenvalue weighted by Gasteiger charge is 2.36. The zero-order chi connectivity index (χ0) is 26.1. The van der Waals surface area contributed by atoms with Gasteiger partial charge in [-0.1, -0.05) is 0 Å². The molecule has 0 unspecified atom stereocenters. The minimum atomic E-state index is -0.606. The average molecular weight is 544 g/mol. The Balaban J connectivity index is 0.00000336. The lowest BCUT2D eigenvalue weighted by Gasteiger charge is -2.30. The summed E-state index contributed by atoms with van der Waals surface area (Å²) >= 11 is 0. The number of nitrogens with zero attached hydrogens (tertiary/aromatic N) is 1. The van der Waals surface area contributed by atoms with Gasteiger partial charge in [0.05, 0.1) is 16.8 Å². The van der Waals surface area contributed by atoms with Crippen molar-refractivity contribution in [3.8, 4) is 0 Å². The SMILES string of the molecule is Cc1cc(C)c(/C=C2\C(=O)N(CC3CCC(N)CC3)c3cc(C(=O)NCC4CCNCC4)c(F)cc32)[nH]1.Cl. The van der Waals surface area contributed by atoms with Crippen molar-refractivity contribution in [2.45, 2.75) is 58.4 Å². The van der Waals surface area contributed by atoms with E-state index in [1.54, 1.807) is 11.0 Å². The molecule has 9 heteroatoms. The van der Waals surface area contributed by atoms with Crippen LogP contribution >= 0.6 is 12.4 Å². The first-order valence-electron chi connectivity index (χ1n) is 13.6. The Morgan fingerprint density at radius 1 is 1.11 bits per heavy atom. The normalized spacial score (nSPS) is 22.9. The number of carbonyl (C=O) groups excluding carboxylic acids is 2. The van der Waals surface area contributed by atoms with Gasteiger partial charge in [-0.05, 0) is 107 Å². The number of benzene rings is 1. The molecule has 3 aliphatic rings. The predicted molar refractivity (Wildman–Crippen MR) is 152 cm³/mol. The fourth-order valence-corrected chi connectivity index (χ4v) is 5.96. The van der Waals surface area contributed by atoms with E-state index in [1.807, 2.05) is 26.0 Å². The van der Waals surface area contributed by atoms with Crippen LogP contribution in [0, 0.1) is 31.5 Å². The molecule has 2 fully saturated rings. The average Bonchev–Trinajstić information content (AvgIpc) is 3.33. The second-order valence-electron chi connectivity index (χ2n) is 11.1. The molecule has 0 bridgehead atoms. The van der Waals surface area contributed by atoms with Crippen LogP contribution in [0.25, 0.3) is 11.6 Å². The van der Waals surface area contributed by atoms with Crippen molar-refractivity contribution >= 4 is 41.6 Å². The lowest BCUT2D eigenvalue weighted by molar-refractivity contribution is -0.113. The van der Waals surface area contributed by atoms with E-state index in [0.29, 0.717) is 41.7 Å². The predicted octanol–water partition coefficient (Wildman–Crippen LogP) is 4.33. The van der Waals surface area contributed by atoms with Gasteiger partial charge in [-0.2, -0.15) is 0 Å². The first-order valence-corrected chi connectivity index (χ1v) is 13.6. The van der Waals surface area contributed by atoms with Crippen LogP contribution in [0.4, 0.5) is 10.1 Å². The number of hydrogen-bond donors (Lipinski definition) is 4. The van der Waals surface area contributed by atoms with E-state index in [0.717, 1.165) is 68.6 Å². The molecule has 5 rings (SSSR count). The molecule has 1 aliphatic carbocycles. The number of hydrogen-bond acceptors (Lipinski definition) is 4. The van der Waals surface area contributed by atoms with Crippen molar-refractivity contribution < 1.29 is 14.0 Å². The lowest BCUT2D eigenvalue weighted by atomic mass is 9.86. The molecule has 1 saturated carbocycles. The highest BCUT2D eigenvalue weighted by molar-refractivity contribution is 6.36. The molecule has 38 heavy (non-hydrogen) atoms. The van der Waals surface area contributed by atoms with Crippen LogP contribution in [0.1, 0.15) is 71.4 Å². The number of anilines is 1. The van der Waals surface area contributed by atoms with Gasteiger partial charge >= 0.3 is 0 Å². The van der Waals surface area contributed by atoms with E-state index in [4.69, 9.17) is 5.73 Å². The number of halogens is 2. The van der Waals surface area contributed by atoms with Crippen molar-refractivity contribution in [1.29, 1.82) is 0 Å². The van der Waals surface area contributed by atoms with Crippen LogP contribution in [0.5, 0.6) is 0 Å². The van der Waals surface area contributed by atoms with Gasteiger partial charge < -0.3 is 26.3 Å². The highest BCUT2D eigenvalue weighted by atomic mass is 35.5. The van der Waals surface area contributed by atoms with E-state index in [9.17, 15) is 9.59 Å². The van der Waals surface area contributed by atoms with Gasteiger partial charge in [0.15, 0.2) is 0 Å². The van der Waals surface area contributed by atoms with E-state index >= 15 is 4.39 Å². The monoisotopic (exact) mass is 543 g/mol. The van der Waals surface area contributed by atoms with Crippen molar-refractivity contribution in [3.05, 3.63) is 52.1 Å². The molecule has 2 aliphatic heterocycles. The van der Waals surface area contributed by atoms with Gasteiger partial charge in [0.1, 0.15) is 5.82 Å². The van der Waals surface area contributed by atoms with E-state index < -0.39 is 11.7 Å². The van der Waals surface area contributed by atoms with Crippen molar-refractivity contribution in [2.75, 3.05) is 31.1 Å². The van der Waals surface area contributed by atoms with E-state index in [1.165, 1.54) is 6.07 Å². The molecule has 0 atom stereocenters. The van der Waals surface area contributed by atoms with Gasteiger partial charge in [-0.3, -0.25) is 9.59 Å². The minimum Gasteiger partial charge on any atom is -0.359 e. The largest absolute Gasteiger partial charge is 0.359 e. The Kier molecular flexibility index (Phi) is 8.96. The molecule has 7 nitrogen and oxygen atoms in total. The van der Waals surface area contributed by atoms with Crippen LogP contribution < -0.4 is 21.3 Å². The molecule has 0 spiro atoms. The van der Waals surface area contributed by atoms with Crippen LogP contribution in [0.3, 0.4) is 0 Å². The van der Waals surface area contributed by atoms with Crippen LogP contribution in [-0.4, -0.2) is 49.0 Å². The first-order chi connectivity index (χ1) is 17.8. The number of amides is 2. The molecule has 3 heterocycles. The number of fused-ring (bicyclic) bond motifs is 1. The smallest absolute Gasteiger partial charge is 0.259 e. The number of carbonyl (C=O) groups is 2. The summed E-state index contributed by atoms with van der Waals surface area (Å²) in [6.07, 6.45) is 7.60. The van der Waals surface area contributed by atoms with Gasteiger partial charge in [0.2, 0.25) is 0 Å². The van der Waals surface area contributed by atoms with Crippen molar-refractivity contribution in [1.82, 2.24) is 15.6 Å². The van der Waals surface area contributed by atoms with Gasteiger partial charge in [0.25, 0.3) is 11.8 Å². The molecule has 1 aromatic heterocycles. The summed E-state index contributed by atoms with van der Waals surface area (Å²) in [7, 11) is 0. The Hall–Kier alpha value is -2.68. The Labute approximate surface area is 230 Å². The zero-order valence-electron chi connectivity index (χ0n) is 22.2. The number of aryl methyl sites for hydroxylation is 2. The molecule has 5 N–H and O–H groups in total. The molecular weight excluding hydrogens is 505 g/mol. The Morgan fingerprint density at radius 3 is 2.47 bits per heavy atom. The maximum Gasteiger partial charge on any atom is 0.259 e. The molecule has 1 saturated heterocycles. The summed E-state index contributed by atoms with van der Waals surface area (Å²) in [4.78, 5) is 31.8. The molecule has 2 amide bonds. The van der Waals surface area contributed by atoms with Crippen molar-refractivity contribution in [2.24, 2.45) is 17.6 Å². The third-order valence-corrected chi connectivity index (χ3v) is 8.21. The van der Waals surface area contributed by atoms with E-state index in [2.05, 4.69) is 15.6 Å². The summed E-state index contributed by atoms with van der Waals surface area (Å²) in [5.74, 6) is -0.468. The van der Waals surface area contributed by atoms with Gasteiger partial charge in [-0.15, -0.1) is 12.4 Å². The fraction of sp³-hybridized carbons (Fsp3) is 0.517. The number of aromatic amines is 1. The lowest BCUT2D eigenvalue weighted by Crippen LogP contribution is -2.37. The summed E-state index contributed by atoms with van der Waals surface area (Å²) in [5, 5.41) is 6.25. The maximum atomic E-state index is 15.4. The minimum absolute atomic E-state index is 0. The summed E-state index contributed by atoms with van der Waals surface area (Å²) < 4.78 is 15.4. The summed E-state index contributed by atoms with van der Waals surface area (Å²) in [6, 6.07) is 5.17. The second-order valence-corrected chi connectivity index (χ2v) is 11.1. The third-order valence-electron chi connectivity index (χ3n) is 8.21. The van der Waals surface area contributed by atoms with E-state index in [-0.39, 0.29) is 29.9 Å². The zero-order valence-corrected chi connectivity index (χ0v) is 23.1. The standard InChI is InChI=1S/C29H38FN5O2.ClH/c1-17-11-18(2)34-26(17)13-23-22-12-25(30)24(28(36)33-15-19-7-9-32-10-8-19)14-27(22)35(29(23)37)16-20-3-5-21(31)6-4-20;/h11-14,19-21,32,34H,3-10,15-16,31H2,1-2H3,(H,33,36);1H/b23-13-;. The summed E-state index contributed by atoms with van der Waals surface area (Å²) in [6.45, 7) is 6.89. The van der Waals surface area contributed by atoms with Crippen molar-refractivity contribution in [3.63, 3.8) is 0 Å². The fourth-order valence-electron chi connectivity index (χ4n) is 5.96. The van der Waals surface area contributed by atoms with Crippen LogP contribution in [0.15, 0.2) is 18.2 Å². The summed E-state index contributed by atoms with van der Waals surface area (Å²) in [5.41, 5.74) is 10.5. The second kappa shape index (κ2) is 12.0. The van der Waals surface area contributed by atoms with Gasteiger partial charge in [0, 0.05) is 36.1 Å². The van der Waals surface area contributed by atoms with Crippen LogP contribution in [0.2, 0.25) is 0 Å². The third kappa shape index (κ3) is 5.98. The van der Waals surface area contributed by atoms with Gasteiger partial charge in [-0.25, -0.2) is 4.39 Å². The van der Waals surface area contributed by atoms with Crippen LogP contribution in [-0.2, 0) is 4.79 Å². The topological polar surface area (TPSA) is 103 Å². The molecule has 206 valence electrons. The molecule has 2 aromatic rings. The molecular formula is C29H39ClFN5O2. The Bertz CT molecular complexity index is 1210. The first kappa shape index (κ1) is 28.3. The number of nitrogens with two attached hydrogens (primary N) is 1. The molecule has 1 aromatic carbocycles. The Morgan fingerprint density at radius 2 is 1.82 bits per heavy atom. The number of aromatic nitrogens is 1.